The highest BCUT2D eigenvalue weighted by Crippen LogP contribution is 2.25. The van der Waals surface area contributed by atoms with Crippen molar-refractivity contribution in [1.29, 1.82) is 0 Å². The molecule has 0 aliphatic rings. The number of rotatable bonds is 7. The number of aryl methyl sites for hydroxylation is 1. The Morgan fingerprint density at radius 1 is 1.41 bits per heavy atom. The standard InChI is InChI=1S/C16H22N4OS/c1-4-5-10-22-11(2)16(21)18-14-9-7-6-8-13(14)15-17-12(3)19-20-15/h6-9,11H,4-5,10H2,1-3H3,(H,18,21)(H,17,19,20)/t11-/m1/s1. The molecule has 6 heteroatoms. The number of aromatic amines is 1. The van der Waals surface area contributed by atoms with Gasteiger partial charge in [0, 0.05) is 5.56 Å². The Morgan fingerprint density at radius 3 is 2.86 bits per heavy atom. The number of amides is 1. The van der Waals surface area contributed by atoms with Crippen LogP contribution in [0.5, 0.6) is 0 Å². The molecule has 0 saturated carbocycles. The maximum Gasteiger partial charge on any atom is 0.237 e. The summed E-state index contributed by atoms with van der Waals surface area (Å²) in [5.41, 5.74) is 1.57. The number of hydrogen-bond acceptors (Lipinski definition) is 4. The summed E-state index contributed by atoms with van der Waals surface area (Å²) in [6.45, 7) is 5.94. The lowest BCUT2D eigenvalue weighted by atomic mass is 10.1. The summed E-state index contributed by atoms with van der Waals surface area (Å²) in [7, 11) is 0. The van der Waals surface area contributed by atoms with E-state index < -0.39 is 0 Å². The number of anilines is 1. The predicted octanol–water partition coefficient (Wildman–Crippen LogP) is 3.64. The lowest BCUT2D eigenvalue weighted by molar-refractivity contribution is -0.115. The minimum absolute atomic E-state index is 0.0146. The van der Waals surface area contributed by atoms with Crippen LogP contribution < -0.4 is 5.32 Å². The third kappa shape index (κ3) is 4.34. The zero-order valence-corrected chi connectivity index (χ0v) is 14.0. The molecule has 118 valence electrons. The maximum atomic E-state index is 12.3. The lowest BCUT2D eigenvalue weighted by Crippen LogP contribution is -2.23. The number of para-hydroxylation sites is 1. The average Bonchev–Trinajstić information content (AvgIpc) is 2.94. The minimum Gasteiger partial charge on any atom is -0.324 e. The number of hydrogen-bond donors (Lipinski definition) is 2. The monoisotopic (exact) mass is 318 g/mol. The van der Waals surface area contributed by atoms with E-state index in [0.29, 0.717) is 5.82 Å². The van der Waals surface area contributed by atoms with Crippen LogP contribution in [-0.4, -0.2) is 32.1 Å². The highest BCUT2D eigenvalue weighted by atomic mass is 32.2. The van der Waals surface area contributed by atoms with Crippen LogP contribution in [0.15, 0.2) is 24.3 Å². The maximum absolute atomic E-state index is 12.3. The normalized spacial score (nSPS) is 12.1. The predicted molar refractivity (Wildman–Crippen MR) is 92.0 cm³/mol. The summed E-state index contributed by atoms with van der Waals surface area (Å²) in [4.78, 5) is 16.6. The highest BCUT2D eigenvalue weighted by molar-refractivity contribution is 8.00. The van der Waals surface area contributed by atoms with Crippen molar-refractivity contribution in [3.05, 3.63) is 30.1 Å². The van der Waals surface area contributed by atoms with Crippen molar-refractivity contribution in [3.8, 4) is 11.4 Å². The van der Waals surface area contributed by atoms with Crippen molar-refractivity contribution < 1.29 is 4.79 Å². The van der Waals surface area contributed by atoms with Gasteiger partial charge in [-0.05, 0) is 38.2 Å². The summed E-state index contributed by atoms with van der Waals surface area (Å²) in [6, 6.07) is 7.60. The summed E-state index contributed by atoms with van der Waals surface area (Å²) >= 11 is 1.68. The van der Waals surface area contributed by atoms with Crippen molar-refractivity contribution >= 4 is 23.4 Å². The van der Waals surface area contributed by atoms with Gasteiger partial charge in [0.2, 0.25) is 5.91 Å². The molecule has 0 spiro atoms. The zero-order valence-electron chi connectivity index (χ0n) is 13.2. The molecule has 0 radical (unpaired) electrons. The van der Waals surface area contributed by atoms with E-state index in [9.17, 15) is 4.79 Å². The number of unbranched alkanes of at least 4 members (excludes halogenated alkanes) is 1. The number of aromatic nitrogens is 3. The van der Waals surface area contributed by atoms with E-state index in [2.05, 4.69) is 27.4 Å². The number of carbonyl (C=O) groups is 1. The molecular formula is C16H22N4OS. The van der Waals surface area contributed by atoms with E-state index in [1.165, 1.54) is 0 Å². The Balaban J connectivity index is 2.08. The molecule has 5 nitrogen and oxygen atoms in total. The summed E-state index contributed by atoms with van der Waals surface area (Å²) in [5.74, 6) is 2.37. The number of carbonyl (C=O) groups excluding carboxylic acids is 1. The van der Waals surface area contributed by atoms with E-state index in [1.54, 1.807) is 11.8 Å². The Kier molecular flexibility index (Phi) is 6.00. The smallest absolute Gasteiger partial charge is 0.237 e. The molecule has 0 aliphatic heterocycles. The first-order chi connectivity index (χ1) is 10.6. The van der Waals surface area contributed by atoms with Crippen LogP contribution >= 0.6 is 11.8 Å². The van der Waals surface area contributed by atoms with E-state index in [0.717, 1.165) is 35.7 Å². The van der Waals surface area contributed by atoms with Crippen LogP contribution in [0.25, 0.3) is 11.4 Å². The fourth-order valence-corrected chi connectivity index (χ4v) is 2.98. The Morgan fingerprint density at radius 2 is 2.18 bits per heavy atom. The largest absolute Gasteiger partial charge is 0.324 e. The van der Waals surface area contributed by atoms with Crippen molar-refractivity contribution in [2.45, 2.75) is 38.9 Å². The molecule has 0 bridgehead atoms. The Labute approximate surface area is 135 Å². The lowest BCUT2D eigenvalue weighted by Gasteiger charge is -2.13. The molecule has 0 unspecified atom stereocenters. The van der Waals surface area contributed by atoms with Gasteiger partial charge in [0.15, 0.2) is 5.82 Å². The number of H-pyrrole nitrogens is 1. The summed E-state index contributed by atoms with van der Waals surface area (Å²) in [6.07, 6.45) is 2.28. The van der Waals surface area contributed by atoms with Gasteiger partial charge in [-0.25, -0.2) is 4.98 Å². The molecule has 1 atom stereocenters. The molecule has 1 aromatic heterocycles. The van der Waals surface area contributed by atoms with Crippen molar-refractivity contribution in [3.63, 3.8) is 0 Å². The van der Waals surface area contributed by atoms with E-state index in [-0.39, 0.29) is 11.2 Å². The SMILES string of the molecule is CCCCS[C@H](C)C(=O)Nc1ccccc1-c1n[nH]c(C)n1. The molecule has 2 N–H and O–H groups in total. The fraction of sp³-hybridized carbons (Fsp3) is 0.438. The molecule has 2 aromatic rings. The number of thioether (sulfide) groups is 1. The van der Waals surface area contributed by atoms with Gasteiger partial charge in [-0.3, -0.25) is 9.89 Å². The van der Waals surface area contributed by atoms with Crippen LogP contribution in [0.2, 0.25) is 0 Å². The third-order valence-electron chi connectivity index (χ3n) is 3.26. The highest BCUT2D eigenvalue weighted by Gasteiger charge is 2.16. The molecule has 0 aliphatic carbocycles. The minimum atomic E-state index is -0.0755. The van der Waals surface area contributed by atoms with Crippen LogP contribution in [0.1, 0.15) is 32.5 Å². The number of nitrogens with one attached hydrogen (secondary N) is 2. The third-order valence-corrected chi connectivity index (χ3v) is 4.50. The number of benzene rings is 1. The molecule has 0 saturated heterocycles. The molecule has 1 aromatic carbocycles. The van der Waals surface area contributed by atoms with Gasteiger partial charge in [-0.15, -0.1) is 11.8 Å². The first-order valence-electron chi connectivity index (χ1n) is 7.52. The molecule has 1 amide bonds. The van der Waals surface area contributed by atoms with Crippen molar-refractivity contribution in [1.82, 2.24) is 15.2 Å². The van der Waals surface area contributed by atoms with Gasteiger partial charge in [-0.1, -0.05) is 25.5 Å². The molecule has 1 heterocycles. The second kappa shape index (κ2) is 7.98. The quantitative estimate of drug-likeness (QED) is 0.765. The second-order valence-electron chi connectivity index (χ2n) is 5.15. The zero-order chi connectivity index (χ0) is 15.9. The molecule has 22 heavy (non-hydrogen) atoms. The van der Waals surface area contributed by atoms with Gasteiger partial charge in [-0.2, -0.15) is 5.10 Å². The fourth-order valence-electron chi connectivity index (χ4n) is 1.96. The average molecular weight is 318 g/mol. The molecule has 0 fully saturated rings. The second-order valence-corrected chi connectivity index (χ2v) is 6.59. The van der Waals surface area contributed by atoms with Crippen molar-refractivity contribution in [2.75, 3.05) is 11.1 Å². The van der Waals surface area contributed by atoms with Gasteiger partial charge in [0.05, 0.1) is 10.9 Å². The van der Waals surface area contributed by atoms with E-state index in [1.807, 2.05) is 38.1 Å². The molecular weight excluding hydrogens is 296 g/mol. The summed E-state index contributed by atoms with van der Waals surface area (Å²) in [5, 5.41) is 9.91. The van der Waals surface area contributed by atoms with Gasteiger partial charge >= 0.3 is 0 Å². The van der Waals surface area contributed by atoms with E-state index >= 15 is 0 Å². The van der Waals surface area contributed by atoms with Crippen LogP contribution in [-0.2, 0) is 4.79 Å². The van der Waals surface area contributed by atoms with Gasteiger partial charge in [0.1, 0.15) is 5.82 Å². The van der Waals surface area contributed by atoms with Gasteiger partial charge in [0.25, 0.3) is 0 Å². The van der Waals surface area contributed by atoms with Crippen LogP contribution in [0.4, 0.5) is 5.69 Å². The van der Waals surface area contributed by atoms with Crippen LogP contribution in [0.3, 0.4) is 0 Å². The first-order valence-corrected chi connectivity index (χ1v) is 8.57. The summed E-state index contributed by atoms with van der Waals surface area (Å²) < 4.78 is 0. The Bertz CT molecular complexity index is 626. The molecule has 2 rings (SSSR count). The Hall–Kier alpha value is -1.82. The first kappa shape index (κ1) is 16.5. The van der Waals surface area contributed by atoms with E-state index in [4.69, 9.17) is 0 Å². The van der Waals surface area contributed by atoms with Crippen molar-refractivity contribution in [2.24, 2.45) is 0 Å². The van der Waals surface area contributed by atoms with Crippen LogP contribution in [0, 0.1) is 6.92 Å². The topological polar surface area (TPSA) is 70.7 Å². The number of nitrogens with zero attached hydrogens (tertiary/aromatic N) is 2. The van der Waals surface area contributed by atoms with Gasteiger partial charge < -0.3 is 5.32 Å².